The van der Waals surface area contributed by atoms with Crippen molar-refractivity contribution in [3.8, 4) is 5.75 Å². The van der Waals surface area contributed by atoms with E-state index in [1.165, 1.54) is 0 Å². The average molecular weight is 231 g/mol. The second-order valence-corrected chi connectivity index (χ2v) is 4.12. The Balaban J connectivity index is 2.69. The maximum Gasteiger partial charge on any atom is 0.119 e. The van der Waals surface area contributed by atoms with Crippen molar-refractivity contribution in [1.29, 1.82) is 0 Å². The molecular formula is C11H15ClOS. The van der Waals surface area contributed by atoms with Crippen LogP contribution in [0.2, 0.25) is 5.02 Å². The molecule has 0 aliphatic carbocycles. The van der Waals surface area contributed by atoms with Gasteiger partial charge in [0, 0.05) is 5.02 Å². The zero-order valence-electron chi connectivity index (χ0n) is 8.51. The van der Waals surface area contributed by atoms with Crippen molar-refractivity contribution in [3.05, 3.63) is 28.3 Å². The molecule has 78 valence electrons. The normalized spacial score (nSPS) is 10.3. The van der Waals surface area contributed by atoms with Gasteiger partial charge in [0.1, 0.15) is 5.75 Å². The number of benzene rings is 1. The maximum atomic E-state index is 6.04. The smallest absolute Gasteiger partial charge is 0.119 e. The predicted octanol–water partition coefficient (Wildman–Crippen LogP) is 3.66. The monoisotopic (exact) mass is 230 g/mol. The largest absolute Gasteiger partial charge is 0.494 e. The lowest BCUT2D eigenvalue weighted by Gasteiger charge is -2.09. The van der Waals surface area contributed by atoms with Crippen molar-refractivity contribution in [2.75, 3.05) is 12.4 Å². The third-order valence-electron chi connectivity index (χ3n) is 1.98. The van der Waals surface area contributed by atoms with E-state index in [9.17, 15) is 0 Å². The number of ether oxygens (including phenoxy) is 1. The Bertz CT molecular complexity index is 289. The molecule has 1 nitrogen and oxygen atoms in total. The molecule has 0 radical (unpaired) electrons. The van der Waals surface area contributed by atoms with E-state index in [1.54, 1.807) is 0 Å². The standard InChI is InChI=1S/C11H15ClOS/c1-8-6-10(13-4-3-5-14)7-9(2)11(8)12/h6-7,14H,3-5H2,1-2H3. The summed E-state index contributed by atoms with van der Waals surface area (Å²) in [5.41, 5.74) is 2.13. The van der Waals surface area contributed by atoms with Gasteiger partial charge in [0.05, 0.1) is 6.61 Å². The van der Waals surface area contributed by atoms with E-state index in [-0.39, 0.29) is 0 Å². The molecule has 0 atom stereocenters. The highest BCUT2D eigenvalue weighted by molar-refractivity contribution is 7.80. The van der Waals surface area contributed by atoms with Crippen LogP contribution in [0.1, 0.15) is 17.5 Å². The lowest BCUT2D eigenvalue weighted by molar-refractivity contribution is 0.318. The van der Waals surface area contributed by atoms with Crippen molar-refractivity contribution in [2.24, 2.45) is 0 Å². The van der Waals surface area contributed by atoms with Crippen molar-refractivity contribution in [2.45, 2.75) is 20.3 Å². The Kier molecular flexibility index (Phi) is 4.63. The highest BCUT2D eigenvalue weighted by Gasteiger charge is 2.02. The van der Waals surface area contributed by atoms with Crippen LogP contribution in [0.3, 0.4) is 0 Å². The van der Waals surface area contributed by atoms with Gasteiger partial charge in [-0.15, -0.1) is 0 Å². The molecular weight excluding hydrogens is 216 g/mol. The van der Waals surface area contributed by atoms with E-state index in [0.717, 1.165) is 34.1 Å². The second kappa shape index (κ2) is 5.52. The minimum Gasteiger partial charge on any atom is -0.494 e. The lowest BCUT2D eigenvalue weighted by atomic mass is 10.1. The first-order valence-electron chi connectivity index (χ1n) is 4.65. The fourth-order valence-electron chi connectivity index (χ4n) is 1.24. The van der Waals surface area contributed by atoms with Crippen LogP contribution in [-0.4, -0.2) is 12.4 Å². The molecule has 0 N–H and O–H groups in total. The van der Waals surface area contributed by atoms with Crippen LogP contribution in [0.15, 0.2) is 12.1 Å². The maximum absolute atomic E-state index is 6.04. The van der Waals surface area contributed by atoms with Gasteiger partial charge in [-0.25, -0.2) is 0 Å². The number of thiol groups is 1. The Morgan fingerprint density at radius 1 is 1.29 bits per heavy atom. The molecule has 0 aliphatic heterocycles. The summed E-state index contributed by atoms with van der Waals surface area (Å²) in [5, 5.41) is 0.826. The summed E-state index contributed by atoms with van der Waals surface area (Å²) in [6.07, 6.45) is 0.962. The van der Waals surface area contributed by atoms with Gasteiger partial charge in [-0.1, -0.05) is 11.6 Å². The number of rotatable bonds is 4. The summed E-state index contributed by atoms with van der Waals surface area (Å²) in [6.45, 7) is 4.69. The molecule has 0 saturated carbocycles. The minimum absolute atomic E-state index is 0.712. The summed E-state index contributed by atoms with van der Waals surface area (Å²) in [7, 11) is 0. The van der Waals surface area contributed by atoms with Crippen molar-refractivity contribution < 1.29 is 4.74 Å². The molecule has 0 heterocycles. The molecule has 1 rings (SSSR count). The van der Waals surface area contributed by atoms with Gasteiger partial charge in [-0.3, -0.25) is 0 Å². The first kappa shape index (κ1) is 11.7. The van der Waals surface area contributed by atoms with Gasteiger partial charge in [0.25, 0.3) is 0 Å². The van der Waals surface area contributed by atoms with Crippen LogP contribution in [-0.2, 0) is 0 Å². The summed E-state index contributed by atoms with van der Waals surface area (Å²) in [4.78, 5) is 0. The Morgan fingerprint density at radius 2 is 1.86 bits per heavy atom. The number of halogens is 1. The molecule has 0 fully saturated rings. The Labute approximate surface area is 95.8 Å². The summed E-state index contributed by atoms with van der Waals surface area (Å²) < 4.78 is 5.56. The van der Waals surface area contributed by atoms with Gasteiger partial charge in [0.15, 0.2) is 0 Å². The second-order valence-electron chi connectivity index (χ2n) is 3.30. The molecule has 0 spiro atoms. The van der Waals surface area contributed by atoms with E-state index in [2.05, 4.69) is 12.6 Å². The average Bonchev–Trinajstić information content (AvgIpc) is 2.14. The van der Waals surface area contributed by atoms with Crippen LogP contribution < -0.4 is 4.74 Å². The predicted molar refractivity (Wildman–Crippen MR) is 64.9 cm³/mol. The van der Waals surface area contributed by atoms with Crippen LogP contribution in [0.4, 0.5) is 0 Å². The zero-order valence-corrected chi connectivity index (χ0v) is 10.2. The lowest BCUT2D eigenvalue weighted by Crippen LogP contribution is -1.98. The Hall–Kier alpha value is -0.340. The summed E-state index contributed by atoms with van der Waals surface area (Å²) in [6, 6.07) is 3.93. The molecule has 0 saturated heterocycles. The summed E-state index contributed by atoms with van der Waals surface area (Å²) in [5.74, 6) is 1.75. The first-order chi connectivity index (χ1) is 6.65. The van der Waals surface area contributed by atoms with E-state index in [1.807, 2.05) is 26.0 Å². The van der Waals surface area contributed by atoms with E-state index in [0.29, 0.717) is 6.61 Å². The molecule has 0 unspecified atom stereocenters. The fraction of sp³-hybridized carbons (Fsp3) is 0.455. The molecule has 0 aromatic heterocycles. The van der Waals surface area contributed by atoms with Gasteiger partial charge >= 0.3 is 0 Å². The molecule has 1 aromatic carbocycles. The molecule has 0 bridgehead atoms. The molecule has 0 amide bonds. The van der Waals surface area contributed by atoms with Crippen molar-refractivity contribution >= 4 is 24.2 Å². The van der Waals surface area contributed by atoms with E-state index >= 15 is 0 Å². The van der Waals surface area contributed by atoms with E-state index in [4.69, 9.17) is 16.3 Å². The molecule has 3 heteroatoms. The van der Waals surface area contributed by atoms with Crippen LogP contribution in [0.5, 0.6) is 5.75 Å². The first-order valence-corrected chi connectivity index (χ1v) is 5.66. The van der Waals surface area contributed by atoms with Crippen LogP contribution in [0.25, 0.3) is 0 Å². The third kappa shape index (κ3) is 3.10. The summed E-state index contributed by atoms with van der Waals surface area (Å²) >= 11 is 10.2. The third-order valence-corrected chi connectivity index (χ3v) is 2.89. The SMILES string of the molecule is Cc1cc(OCCCS)cc(C)c1Cl. The Morgan fingerprint density at radius 3 is 2.36 bits per heavy atom. The van der Waals surface area contributed by atoms with Gasteiger partial charge in [-0.2, -0.15) is 12.6 Å². The zero-order chi connectivity index (χ0) is 10.6. The fourth-order valence-corrected chi connectivity index (χ4v) is 1.48. The molecule has 1 aromatic rings. The number of hydrogen-bond acceptors (Lipinski definition) is 2. The van der Waals surface area contributed by atoms with Gasteiger partial charge < -0.3 is 4.74 Å². The quantitative estimate of drug-likeness (QED) is 0.614. The highest BCUT2D eigenvalue weighted by atomic mass is 35.5. The van der Waals surface area contributed by atoms with Crippen LogP contribution in [0, 0.1) is 13.8 Å². The van der Waals surface area contributed by atoms with Gasteiger partial charge in [0.2, 0.25) is 0 Å². The highest BCUT2D eigenvalue weighted by Crippen LogP contribution is 2.25. The van der Waals surface area contributed by atoms with Gasteiger partial charge in [-0.05, 0) is 49.3 Å². The van der Waals surface area contributed by atoms with E-state index < -0.39 is 0 Å². The minimum atomic E-state index is 0.712. The van der Waals surface area contributed by atoms with Crippen molar-refractivity contribution in [3.63, 3.8) is 0 Å². The molecule has 14 heavy (non-hydrogen) atoms. The number of aryl methyl sites for hydroxylation is 2. The van der Waals surface area contributed by atoms with Crippen molar-refractivity contribution in [1.82, 2.24) is 0 Å². The topological polar surface area (TPSA) is 9.23 Å². The van der Waals surface area contributed by atoms with Crippen LogP contribution >= 0.6 is 24.2 Å². The number of hydrogen-bond donors (Lipinski definition) is 1. The molecule has 0 aliphatic rings.